The number of nitrogens with one attached hydrogen (secondary N) is 1. The summed E-state index contributed by atoms with van der Waals surface area (Å²) in [5.41, 5.74) is 9.57. The van der Waals surface area contributed by atoms with E-state index in [1.165, 1.54) is 0 Å². The van der Waals surface area contributed by atoms with Crippen LogP contribution in [0.25, 0.3) is 0 Å². The van der Waals surface area contributed by atoms with Gasteiger partial charge in [-0.25, -0.2) is 0 Å². The highest BCUT2D eigenvalue weighted by molar-refractivity contribution is 6.05. The summed E-state index contributed by atoms with van der Waals surface area (Å²) in [4.78, 5) is 12.3. The van der Waals surface area contributed by atoms with Crippen molar-refractivity contribution in [1.29, 1.82) is 0 Å². The topological polar surface area (TPSA) is 64.3 Å². The molecule has 104 valence electrons. The van der Waals surface area contributed by atoms with Gasteiger partial charge in [0.2, 0.25) is 0 Å². The molecule has 0 bridgehead atoms. The third-order valence-corrected chi connectivity index (χ3v) is 3.21. The number of ether oxygens (including phenoxy) is 1. The first-order valence-electron chi connectivity index (χ1n) is 6.34. The second-order valence-electron chi connectivity index (χ2n) is 4.68. The Bertz CT molecular complexity index is 651. The molecule has 3 N–H and O–H groups in total. The summed E-state index contributed by atoms with van der Waals surface area (Å²) in [5.74, 6) is 0.411. The average molecular weight is 270 g/mol. The maximum Gasteiger partial charge on any atom is 0.255 e. The Morgan fingerprint density at radius 2 is 1.85 bits per heavy atom. The van der Waals surface area contributed by atoms with Crippen LogP contribution in [0.2, 0.25) is 0 Å². The van der Waals surface area contributed by atoms with Crippen LogP contribution in [0.1, 0.15) is 21.5 Å². The third kappa shape index (κ3) is 2.74. The predicted molar refractivity (Wildman–Crippen MR) is 81.3 cm³/mol. The van der Waals surface area contributed by atoms with Gasteiger partial charge in [0.25, 0.3) is 5.91 Å². The standard InChI is InChI=1S/C16H18N2O2/c1-10-6-4-5-7-12(10)16(19)18-14-9-15(20-3)13(17)8-11(14)2/h4-9H,17H2,1-3H3,(H,18,19). The number of anilines is 2. The minimum Gasteiger partial charge on any atom is -0.495 e. The summed E-state index contributed by atoms with van der Waals surface area (Å²) in [6.07, 6.45) is 0. The molecule has 2 aromatic carbocycles. The highest BCUT2D eigenvalue weighted by Crippen LogP contribution is 2.29. The SMILES string of the molecule is COc1cc(NC(=O)c2ccccc2C)c(C)cc1N. The van der Waals surface area contributed by atoms with Crippen molar-refractivity contribution in [2.24, 2.45) is 0 Å². The number of nitrogens with two attached hydrogens (primary N) is 1. The number of hydrogen-bond donors (Lipinski definition) is 2. The molecule has 2 aromatic rings. The summed E-state index contributed by atoms with van der Waals surface area (Å²) in [7, 11) is 1.55. The minimum absolute atomic E-state index is 0.141. The molecule has 0 heterocycles. The average Bonchev–Trinajstić information content (AvgIpc) is 2.42. The largest absolute Gasteiger partial charge is 0.495 e. The van der Waals surface area contributed by atoms with E-state index in [2.05, 4.69) is 5.32 Å². The molecule has 0 saturated heterocycles. The number of carbonyl (C=O) groups excluding carboxylic acids is 1. The molecule has 0 radical (unpaired) electrons. The molecule has 0 saturated carbocycles. The second kappa shape index (κ2) is 5.65. The van der Waals surface area contributed by atoms with E-state index < -0.39 is 0 Å². The van der Waals surface area contributed by atoms with Crippen LogP contribution in [0.15, 0.2) is 36.4 Å². The number of rotatable bonds is 3. The minimum atomic E-state index is -0.141. The van der Waals surface area contributed by atoms with Gasteiger partial charge in [0.15, 0.2) is 0 Å². The Morgan fingerprint density at radius 3 is 2.50 bits per heavy atom. The number of hydrogen-bond acceptors (Lipinski definition) is 3. The normalized spacial score (nSPS) is 10.2. The van der Waals surface area contributed by atoms with Gasteiger partial charge in [-0.05, 0) is 37.1 Å². The quantitative estimate of drug-likeness (QED) is 0.842. The summed E-state index contributed by atoms with van der Waals surface area (Å²) < 4.78 is 5.18. The molecule has 4 nitrogen and oxygen atoms in total. The highest BCUT2D eigenvalue weighted by Gasteiger charge is 2.12. The number of carbonyl (C=O) groups is 1. The zero-order valence-corrected chi connectivity index (χ0v) is 11.9. The lowest BCUT2D eigenvalue weighted by Gasteiger charge is -2.13. The van der Waals surface area contributed by atoms with Crippen LogP contribution < -0.4 is 15.8 Å². The molecule has 0 aliphatic heterocycles. The van der Waals surface area contributed by atoms with E-state index in [1.807, 2.05) is 32.0 Å². The van der Waals surface area contributed by atoms with Gasteiger partial charge in [-0.3, -0.25) is 4.79 Å². The summed E-state index contributed by atoms with van der Waals surface area (Å²) in [6.45, 7) is 3.80. The Kier molecular flexibility index (Phi) is 3.94. The predicted octanol–water partition coefficient (Wildman–Crippen LogP) is 3.15. The van der Waals surface area contributed by atoms with Gasteiger partial charge in [0.1, 0.15) is 5.75 Å². The van der Waals surface area contributed by atoms with Crippen LogP contribution in [0.5, 0.6) is 5.75 Å². The van der Waals surface area contributed by atoms with E-state index in [4.69, 9.17) is 10.5 Å². The Morgan fingerprint density at radius 1 is 1.15 bits per heavy atom. The van der Waals surface area contributed by atoms with E-state index in [0.717, 1.165) is 11.1 Å². The maximum absolute atomic E-state index is 12.3. The molecule has 0 aromatic heterocycles. The van der Waals surface area contributed by atoms with Crippen molar-refractivity contribution in [3.63, 3.8) is 0 Å². The summed E-state index contributed by atoms with van der Waals surface area (Å²) >= 11 is 0. The number of aryl methyl sites for hydroxylation is 2. The van der Waals surface area contributed by atoms with Gasteiger partial charge in [0.05, 0.1) is 12.8 Å². The first-order valence-corrected chi connectivity index (χ1v) is 6.34. The van der Waals surface area contributed by atoms with E-state index in [-0.39, 0.29) is 5.91 Å². The van der Waals surface area contributed by atoms with E-state index in [1.54, 1.807) is 25.3 Å². The lowest BCUT2D eigenvalue weighted by Crippen LogP contribution is -2.14. The van der Waals surface area contributed by atoms with Crippen LogP contribution in [0.3, 0.4) is 0 Å². The van der Waals surface area contributed by atoms with Crippen molar-refractivity contribution in [2.45, 2.75) is 13.8 Å². The zero-order valence-electron chi connectivity index (χ0n) is 11.9. The molecule has 4 heteroatoms. The van der Waals surface area contributed by atoms with Gasteiger partial charge in [-0.15, -0.1) is 0 Å². The van der Waals surface area contributed by atoms with E-state index >= 15 is 0 Å². The Labute approximate surface area is 118 Å². The smallest absolute Gasteiger partial charge is 0.255 e. The van der Waals surface area contributed by atoms with E-state index in [9.17, 15) is 4.79 Å². The molecule has 0 atom stereocenters. The van der Waals surface area contributed by atoms with Crippen LogP contribution in [0, 0.1) is 13.8 Å². The first-order chi connectivity index (χ1) is 9.52. The fourth-order valence-corrected chi connectivity index (χ4v) is 2.04. The number of benzene rings is 2. The van der Waals surface area contributed by atoms with Crippen molar-refractivity contribution < 1.29 is 9.53 Å². The highest BCUT2D eigenvalue weighted by atomic mass is 16.5. The molecule has 0 fully saturated rings. The van der Waals surface area contributed by atoms with Crippen LogP contribution in [-0.2, 0) is 0 Å². The van der Waals surface area contributed by atoms with Crippen molar-refractivity contribution in [1.82, 2.24) is 0 Å². The molecular formula is C16H18N2O2. The number of methoxy groups -OCH3 is 1. The van der Waals surface area contributed by atoms with Gasteiger partial charge in [-0.2, -0.15) is 0 Å². The van der Waals surface area contributed by atoms with Crippen molar-refractivity contribution >= 4 is 17.3 Å². The summed E-state index contributed by atoms with van der Waals surface area (Å²) in [6, 6.07) is 11.0. The van der Waals surface area contributed by atoms with Gasteiger partial charge < -0.3 is 15.8 Å². The third-order valence-electron chi connectivity index (χ3n) is 3.21. The lowest BCUT2D eigenvalue weighted by molar-refractivity contribution is 0.102. The molecule has 0 unspecified atom stereocenters. The second-order valence-corrected chi connectivity index (χ2v) is 4.68. The first kappa shape index (κ1) is 13.9. The number of nitrogen functional groups attached to an aromatic ring is 1. The lowest BCUT2D eigenvalue weighted by atomic mass is 10.1. The Balaban J connectivity index is 2.31. The fourth-order valence-electron chi connectivity index (χ4n) is 2.04. The zero-order chi connectivity index (χ0) is 14.7. The fraction of sp³-hybridized carbons (Fsp3) is 0.188. The monoisotopic (exact) mass is 270 g/mol. The number of amides is 1. The van der Waals surface area contributed by atoms with Gasteiger partial charge >= 0.3 is 0 Å². The molecule has 2 rings (SSSR count). The molecule has 1 amide bonds. The van der Waals surface area contributed by atoms with Crippen LogP contribution >= 0.6 is 0 Å². The van der Waals surface area contributed by atoms with E-state index in [0.29, 0.717) is 22.7 Å². The summed E-state index contributed by atoms with van der Waals surface area (Å²) in [5, 5.41) is 2.89. The van der Waals surface area contributed by atoms with Crippen molar-refractivity contribution in [2.75, 3.05) is 18.2 Å². The molecular weight excluding hydrogens is 252 g/mol. The Hall–Kier alpha value is -2.49. The molecule has 0 aliphatic rings. The maximum atomic E-state index is 12.3. The molecule has 20 heavy (non-hydrogen) atoms. The van der Waals surface area contributed by atoms with Crippen LogP contribution in [-0.4, -0.2) is 13.0 Å². The van der Waals surface area contributed by atoms with Crippen LogP contribution in [0.4, 0.5) is 11.4 Å². The molecule has 0 aliphatic carbocycles. The van der Waals surface area contributed by atoms with Gasteiger partial charge in [0, 0.05) is 17.3 Å². The van der Waals surface area contributed by atoms with Gasteiger partial charge in [-0.1, -0.05) is 18.2 Å². The molecule has 0 spiro atoms. The van der Waals surface area contributed by atoms with Crippen molar-refractivity contribution in [3.05, 3.63) is 53.1 Å². The van der Waals surface area contributed by atoms with Crippen molar-refractivity contribution in [3.8, 4) is 5.75 Å².